The highest BCUT2D eigenvalue weighted by Crippen LogP contribution is 2.31. The molecule has 0 spiro atoms. The molecule has 0 radical (unpaired) electrons. The van der Waals surface area contributed by atoms with Crippen LogP contribution in [0.4, 0.5) is 11.5 Å². The third-order valence-electron chi connectivity index (χ3n) is 2.70. The number of rotatable bonds is 3. The topological polar surface area (TPSA) is 70.8 Å². The Morgan fingerprint density at radius 3 is 2.68 bits per heavy atom. The second-order valence-electron chi connectivity index (χ2n) is 4.18. The van der Waals surface area contributed by atoms with Gasteiger partial charge in [0.2, 0.25) is 0 Å². The minimum atomic E-state index is 0.321. The molecular weight excluding hydrogens is 240 g/mol. The monoisotopic (exact) mass is 254 g/mol. The van der Waals surface area contributed by atoms with E-state index in [1.165, 1.54) is 6.33 Å². The van der Waals surface area contributed by atoms with Gasteiger partial charge in [0.1, 0.15) is 29.7 Å². The van der Waals surface area contributed by atoms with Crippen molar-refractivity contribution in [3.8, 4) is 11.8 Å². The van der Waals surface area contributed by atoms with Crippen LogP contribution >= 0.6 is 0 Å². The zero-order valence-corrected chi connectivity index (χ0v) is 11.1. The molecule has 0 saturated carbocycles. The molecule has 1 aromatic heterocycles. The average molecular weight is 254 g/mol. The number of anilines is 2. The summed E-state index contributed by atoms with van der Waals surface area (Å²) in [6.07, 6.45) is 1.36. The van der Waals surface area contributed by atoms with Crippen LogP contribution < -0.4 is 10.1 Å². The lowest BCUT2D eigenvalue weighted by molar-refractivity contribution is 0.416. The summed E-state index contributed by atoms with van der Waals surface area (Å²) in [5.41, 5.74) is 3.34. The summed E-state index contributed by atoms with van der Waals surface area (Å²) in [7, 11) is 1.63. The molecule has 0 atom stereocenters. The first-order valence-corrected chi connectivity index (χ1v) is 5.78. The van der Waals surface area contributed by atoms with Crippen molar-refractivity contribution in [1.82, 2.24) is 9.97 Å². The lowest BCUT2D eigenvalue weighted by Gasteiger charge is -2.14. The van der Waals surface area contributed by atoms with Gasteiger partial charge in [-0.05, 0) is 31.0 Å². The van der Waals surface area contributed by atoms with Crippen molar-refractivity contribution in [2.75, 3.05) is 12.4 Å². The van der Waals surface area contributed by atoms with Gasteiger partial charge in [-0.1, -0.05) is 6.07 Å². The first-order chi connectivity index (χ1) is 9.13. The third kappa shape index (κ3) is 2.80. The molecule has 0 fully saturated rings. The van der Waals surface area contributed by atoms with Crippen LogP contribution in [0.15, 0.2) is 24.5 Å². The van der Waals surface area contributed by atoms with E-state index in [-0.39, 0.29) is 0 Å². The zero-order chi connectivity index (χ0) is 13.8. The van der Waals surface area contributed by atoms with E-state index in [1.54, 1.807) is 13.2 Å². The Labute approximate surface area is 111 Å². The van der Waals surface area contributed by atoms with Crippen molar-refractivity contribution in [3.63, 3.8) is 0 Å². The Morgan fingerprint density at radius 2 is 2.00 bits per heavy atom. The molecule has 0 amide bonds. The third-order valence-corrected chi connectivity index (χ3v) is 2.70. The highest BCUT2D eigenvalue weighted by atomic mass is 16.5. The molecule has 1 N–H and O–H groups in total. The summed E-state index contributed by atoms with van der Waals surface area (Å²) < 4.78 is 5.36. The highest BCUT2D eigenvalue weighted by Gasteiger charge is 2.09. The molecule has 0 aliphatic heterocycles. The van der Waals surface area contributed by atoms with E-state index >= 15 is 0 Å². The Hall–Kier alpha value is -2.61. The van der Waals surface area contributed by atoms with Gasteiger partial charge in [-0.25, -0.2) is 9.97 Å². The van der Waals surface area contributed by atoms with E-state index in [0.29, 0.717) is 11.5 Å². The van der Waals surface area contributed by atoms with E-state index < -0.39 is 0 Å². The summed E-state index contributed by atoms with van der Waals surface area (Å²) in [6.45, 7) is 4.00. The molecule has 5 heteroatoms. The first kappa shape index (κ1) is 12.8. The first-order valence-electron chi connectivity index (χ1n) is 5.78. The molecule has 1 heterocycles. The molecule has 0 bridgehead atoms. The van der Waals surface area contributed by atoms with Gasteiger partial charge in [0, 0.05) is 6.07 Å². The van der Waals surface area contributed by atoms with Crippen molar-refractivity contribution in [2.45, 2.75) is 13.8 Å². The number of aryl methyl sites for hydroxylation is 2. The fraction of sp³-hybridized carbons (Fsp3) is 0.214. The van der Waals surface area contributed by atoms with Crippen molar-refractivity contribution in [2.24, 2.45) is 0 Å². The maximum atomic E-state index is 8.83. The Bertz CT molecular complexity index is 646. The van der Waals surface area contributed by atoms with Gasteiger partial charge in [-0.2, -0.15) is 5.26 Å². The van der Waals surface area contributed by atoms with Crippen LogP contribution in [-0.4, -0.2) is 17.1 Å². The molecule has 2 rings (SSSR count). The number of benzene rings is 1. The van der Waals surface area contributed by atoms with Crippen LogP contribution in [0.1, 0.15) is 16.8 Å². The van der Waals surface area contributed by atoms with Crippen LogP contribution in [0.3, 0.4) is 0 Å². The standard InChI is InChI=1S/C14H14N4O/c1-9-4-10(2)14(12(5-9)19-3)18-13-6-11(7-15)16-8-17-13/h4-6,8H,1-3H3,(H,16,17,18). The van der Waals surface area contributed by atoms with Crippen LogP contribution in [0.5, 0.6) is 5.75 Å². The second-order valence-corrected chi connectivity index (χ2v) is 4.18. The summed E-state index contributed by atoms with van der Waals surface area (Å²) in [4.78, 5) is 7.93. The lowest BCUT2D eigenvalue weighted by atomic mass is 10.1. The number of nitriles is 1. The largest absolute Gasteiger partial charge is 0.495 e. The van der Waals surface area contributed by atoms with Gasteiger partial charge in [-0.3, -0.25) is 0 Å². The Balaban J connectivity index is 2.40. The SMILES string of the molecule is COc1cc(C)cc(C)c1Nc1cc(C#N)ncn1. The molecule has 19 heavy (non-hydrogen) atoms. The molecule has 0 aliphatic rings. The van der Waals surface area contributed by atoms with E-state index in [9.17, 15) is 0 Å². The molecule has 96 valence electrons. The molecule has 2 aromatic rings. The molecule has 5 nitrogen and oxygen atoms in total. The van der Waals surface area contributed by atoms with E-state index in [0.717, 1.165) is 22.6 Å². The second kappa shape index (κ2) is 5.36. The van der Waals surface area contributed by atoms with Gasteiger partial charge in [0.05, 0.1) is 12.8 Å². The predicted molar refractivity (Wildman–Crippen MR) is 72.5 cm³/mol. The van der Waals surface area contributed by atoms with E-state index in [4.69, 9.17) is 10.00 Å². The molecule has 0 saturated heterocycles. The Kier molecular flexibility index (Phi) is 3.62. The number of nitrogens with one attached hydrogen (secondary N) is 1. The van der Waals surface area contributed by atoms with E-state index in [1.807, 2.05) is 26.0 Å². The highest BCUT2D eigenvalue weighted by molar-refractivity contribution is 5.69. The van der Waals surface area contributed by atoms with Crippen LogP contribution in [0, 0.1) is 25.2 Å². The van der Waals surface area contributed by atoms with Gasteiger partial charge in [-0.15, -0.1) is 0 Å². The number of hydrogen-bond acceptors (Lipinski definition) is 5. The van der Waals surface area contributed by atoms with Crippen molar-refractivity contribution in [1.29, 1.82) is 5.26 Å². The van der Waals surface area contributed by atoms with Crippen LogP contribution in [0.25, 0.3) is 0 Å². The van der Waals surface area contributed by atoms with Gasteiger partial charge in [0.15, 0.2) is 0 Å². The minimum absolute atomic E-state index is 0.321. The normalized spacial score (nSPS) is 9.79. The quantitative estimate of drug-likeness (QED) is 0.911. The average Bonchev–Trinajstić information content (AvgIpc) is 2.41. The number of methoxy groups -OCH3 is 1. The van der Waals surface area contributed by atoms with Crippen LogP contribution in [-0.2, 0) is 0 Å². The maximum Gasteiger partial charge on any atom is 0.145 e. The summed E-state index contributed by atoms with van der Waals surface area (Å²) in [5, 5.41) is 12.0. The van der Waals surface area contributed by atoms with Crippen LogP contribution in [0.2, 0.25) is 0 Å². The maximum absolute atomic E-state index is 8.83. The van der Waals surface area contributed by atoms with Gasteiger partial charge >= 0.3 is 0 Å². The number of aromatic nitrogens is 2. The lowest BCUT2D eigenvalue weighted by Crippen LogP contribution is -2.00. The Morgan fingerprint density at radius 1 is 1.21 bits per heavy atom. The number of hydrogen-bond donors (Lipinski definition) is 1. The zero-order valence-electron chi connectivity index (χ0n) is 11.1. The summed E-state index contributed by atoms with van der Waals surface area (Å²) in [5.74, 6) is 1.31. The van der Waals surface area contributed by atoms with Crippen molar-refractivity contribution < 1.29 is 4.74 Å². The molecule has 0 unspecified atom stereocenters. The van der Waals surface area contributed by atoms with Crippen molar-refractivity contribution in [3.05, 3.63) is 41.3 Å². The fourth-order valence-electron chi connectivity index (χ4n) is 1.86. The summed E-state index contributed by atoms with van der Waals surface area (Å²) in [6, 6.07) is 7.58. The van der Waals surface area contributed by atoms with E-state index in [2.05, 4.69) is 21.4 Å². The van der Waals surface area contributed by atoms with Gasteiger partial charge in [0.25, 0.3) is 0 Å². The predicted octanol–water partition coefficient (Wildman–Crippen LogP) is 2.72. The minimum Gasteiger partial charge on any atom is -0.495 e. The molecular formula is C14H14N4O. The van der Waals surface area contributed by atoms with Crippen molar-refractivity contribution >= 4 is 11.5 Å². The fourth-order valence-corrected chi connectivity index (χ4v) is 1.86. The smallest absolute Gasteiger partial charge is 0.145 e. The molecule has 0 aliphatic carbocycles. The number of ether oxygens (including phenoxy) is 1. The molecule has 1 aromatic carbocycles. The number of nitrogens with zero attached hydrogens (tertiary/aromatic N) is 3. The van der Waals surface area contributed by atoms with Gasteiger partial charge < -0.3 is 10.1 Å². The summed E-state index contributed by atoms with van der Waals surface area (Å²) >= 11 is 0.